The maximum atomic E-state index is 12.5. The molecule has 0 aliphatic rings. The van der Waals surface area contributed by atoms with Crippen molar-refractivity contribution in [2.45, 2.75) is 32.6 Å². The van der Waals surface area contributed by atoms with Crippen LogP contribution in [0.1, 0.15) is 54.1 Å². The molecule has 0 atom stereocenters. The van der Waals surface area contributed by atoms with Gasteiger partial charge < -0.3 is 14.2 Å². The molecule has 0 aliphatic carbocycles. The maximum absolute atomic E-state index is 12.5. The minimum Gasteiger partial charge on any atom is -0.494 e. The molecule has 1 aromatic heterocycles. The van der Waals surface area contributed by atoms with Gasteiger partial charge in [-0.15, -0.1) is 0 Å². The minimum absolute atomic E-state index is 0.339. The van der Waals surface area contributed by atoms with Crippen LogP contribution in [-0.4, -0.2) is 30.1 Å². The number of carbonyl (C=O) groups excluding carboxylic acids is 2. The zero-order valence-electron chi connectivity index (χ0n) is 20.5. The van der Waals surface area contributed by atoms with Gasteiger partial charge in [0.15, 0.2) is 0 Å². The number of pyridine rings is 1. The number of aromatic nitrogens is 1. The fourth-order valence-electron chi connectivity index (χ4n) is 3.20. The largest absolute Gasteiger partial charge is 0.494 e. The van der Waals surface area contributed by atoms with Crippen LogP contribution in [0.15, 0.2) is 85.2 Å². The van der Waals surface area contributed by atoms with E-state index in [0.717, 1.165) is 36.8 Å². The first-order valence-electron chi connectivity index (χ1n) is 12.0. The number of hydrogen-bond acceptors (Lipinski definition) is 6. The van der Waals surface area contributed by atoms with Gasteiger partial charge in [0.1, 0.15) is 11.5 Å². The van der Waals surface area contributed by atoms with Crippen molar-refractivity contribution in [2.24, 2.45) is 0 Å². The summed E-state index contributed by atoms with van der Waals surface area (Å²) in [7, 11) is 0. The predicted octanol–water partition coefficient (Wildman–Crippen LogP) is 6.53. The normalized spacial score (nSPS) is 10.7. The third-order valence-electron chi connectivity index (χ3n) is 5.24. The van der Waals surface area contributed by atoms with E-state index in [4.69, 9.17) is 14.2 Å². The van der Waals surface area contributed by atoms with Crippen molar-refractivity contribution in [1.29, 1.82) is 0 Å². The van der Waals surface area contributed by atoms with Gasteiger partial charge in [-0.05, 0) is 92.3 Å². The van der Waals surface area contributed by atoms with Crippen molar-refractivity contribution in [1.82, 2.24) is 4.98 Å². The number of unbranched alkanes of at least 4 members (excludes halogenated alkanes) is 3. The number of nitrogens with zero attached hydrogens (tertiary/aromatic N) is 1. The number of esters is 2. The zero-order valence-corrected chi connectivity index (χ0v) is 20.5. The highest BCUT2D eigenvalue weighted by atomic mass is 16.5. The fraction of sp³-hybridized carbons (Fsp3) is 0.233. The molecular formula is C30H31NO5. The molecule has 0 fully saturated rings. The number of benzene rings is 2. The lowest BCUT2D eigenvalue weighted by Crippen LogP contribution is -2.08. The molecule has 3 rings (SSSR count). The monoisotopic (exact) mass is 485 g/mol. The first kappa shape index (κ1) is 26.4. The molecule has 1 heterocycles. The highest BCUT2D eigenvalue weighted by Gasteiger charge is 2.09. The van der Waals surface area contributed by atoms with E-state index in [0.29, 0.717) is 35.8 Å². The highest BCUT2D eigenvalue weighted by Crippen LogP contribution is 2.18. The molecule has 0 N–H and O–H groups in total. The van der Waals surface area contributed by atoms with E-state index >= 15 is 0 Å². The van der Waals surface area contributed by atoms with Crippen molar-refractivity contribution in [3.8, 4) is 11.5 Å². The lowest BCUT2D eigenvalue weighted by atomic mass is 10.1. The molecule has 0 spiro atoms. The summed E-state index contributed by atoms with van der Waals surface area (Å²) in [6, 6.07) is 18.1. The van der Waals surface area contributed by atoms with E-state index in [1.54, 1.807) is 55.7 Å². The van der Waals surface area contributed by atoms with Crippen LogP contribution in [0.3, 0.4) is 0 Å². The smallest absolute Gasteiger partial charge is 0.343 e. The molecule has 0 bridgehead atoms. The number of hydrogen-bond donors (Lipinski definition) is 0. The quantitative estimate of drug-likeness (QED) is 0.119. The average molecular weight is 486 g/mol. The van der Waals surface area contributed by atoms with E-state index in [1.807, 2.05) is 36.4 Å². The van der Waals surface area contributed by atoms with E-state index in [1.165, 1.54) is 0 Å². The Labute approximate surface area is 212 Å². The second-order valence-electron chi connectivity index (χ2n) is 8.28. The summed E-state index contributed by atoms with van der Waals surface area (Å²) in [5.74, 6) is 0.422. The Morgan fingerprint density at radius 3 is 2.00 bits per heavy atom. The van der Waals surface area contributed by atoms with E-state index in [-0.39, 0.29) is 5.97 Å². The Balaban J connectivity index is 1.35. The first-order chi connectivity index (χ1) is 17.5. The van der Waals surface area contributed by atoms with Crippen LogP contribution >= 0.6 is 0 Å². The Morgan fingerprint density at radius 2 is 1.36 bits per heavy atom. The van der Waals surface area contributed by atoms with Gasteiger partial charge in [-0.2, -0.15) is 0 Å². The zero-order chi connectivity index (χ0) is 25.6. The molecule has 6 nitrogen and oxygen atoms in total. The van der Waals surface area contributed by atoms with Crippen LogP contribution in [-0.2, 0) is 9.53 Å². The number of carbonyl (C=O) groups is 2. The van der Waals surface area contributed by atoms with Crippen molar-refractivity contribution < 1.29 is 23.8 Å². The maximum Gasteiger partial charge on any atom is 0.343 e. The molecule has 0 radical (unpaired) electrons. The summed E-state index contributed by atoms with van der Waals surface area (Å²) >= 11 is 0. The van der Waals surface area contributed by atoms with Crippen LogP contribution in [0.4, 0.5) is 0 Å². The highest BCUT2D eigenvalue weighted by molar-refractivity contribution is 5.91. The van der Waals surface area contributed by atoms with Gasteiger partial charge in [-0.3, -0.25) is 4.98 Å². The Hall–Kier alpha value is -4.19. The summed E-state index contributed by atoms with van der Waals surface area (Å²) in [6.07, 6.45) is 11.1. The van der Waals surface area contributed by atoms with E-state index < -0.39 is 5.97 Å². The SMILES string of the molecule is C=C(C)C(=O)OCCCCCCOc1ccc(C(=O)Oc2ccc(C=Cc3ccncc3)cc2)cc1. The Kier molecular flexibility index (Phi) is 10.5. The van der Waals surface area contributed by atoms with Crippen LogP contribution in [0, 0.1) is 0 Å². The summed E-state index contributed by atoms with van der Waals surface area (Å²) in [5, 5.41) is 0. The standard InChI is InChI=1S/C30H31NO5/c1-23(2)29(32)35-22-6-4-3-5-21-34-27-15-11-26(12-16-27)30(33)36-28-13-9-24(10-14-28)7-8-25-17-19-31-20-18-25/h7-20H,1,3-6,21-22H2,2H3. The van der Waals surface area contributed by atoms with Crippen molar-refractivity contribution in [3.05, 3.63) is 102 Å². The molecule has 6 heteroatoms. The van der Waals surface area contributed by atoms with E-state index in [2.05, 4.69) is 11.6 Å². The predicted molar refractivity (Wildman–Crippen MR) is 141 cm³/mol. The van der Waals surface area contributed by atoms with Gasteiger partial charge in [0.25, 0.3) is 0 Å². The second kappa shape index (κ2) is 14.3. The molecule has 0 amide bonds. The van der Waals surface area contributed by atoms with Gasteiger partial charge in [0, 0.05) is 18.0 Å². The number of ether oxygens (including phenoxy) is 3. The molecule has 0 unspecified atom stereocenters. The molecule has 36 heavy (non-hydrogen) atoms. The molecular weight excluding hydrogens is 454 g/mol. The van der Waals surface area contributed by atoms with Crippen LogP contribution in [0.5, 0.6) is 11.5 Å². The molecule has 0 aliphatic heterocycles. The number of rotatable bonds is 13. The summed E-state index contributed by atoms with van der Waals surface area (Å²) < 4.78 is 16.3. The summed E-state index contributed by atoms with van der Waals surface area (Å²) in [5.41, 5.74) is 2.93. The lowest BCUT2D eigenvalue weighted by molar-refractivity contribution is -0.139. The Morgan fingerprint density at radius 1 is 0.778 bits per heavy atom. The third-order valence-corrected chi connectivity index (χ3v) is 5.24. The minimum atomic E-state index is -0.422. The molecule has 3 aromatic rings. The fourth-order valence-corrected chi connectivity index (χ4v) is 3.20. The average Bonchev–Trinajstić information content (AvgIpc) is 2.90. The van der Waals surface area contributed by atoms with Gasteiger partial charge in [0.05, 0.1) is 18.8 Å². The molecule has 2 aromatic carbocycles. The first-order valence-corrected chi connectivity index (χ1v) is 12.0. The summed E-state index contributed by atoms with van der Waals surface area (Å²) in [6.45, 7) is 6.19. The lowest BCUT2D eigenvalue weighted by Gasteiger charge is -2.08. The van der Waals surface area contributed by atoms with Crippen LogP contribution in [0.2, 0.25) is 0 Å². The van der Waals surface area contributed by atoms with Gasteiger partial charge >= 0.3 is 11.9 Å². The van der Waals surface area contributed by atoms with Crippen molar-refractivity contribution in [2.75, 3.05) is 13.2 Å². The third kappa shape index (κ3) is 9.22. The van der Waals surface area contributed by atoms with Crippen LogP contribution < -0.4 is 9.47 Å². The van der Waals surface area contributed by atoms with Gasteiger partial charge in [0.2, 0.25) is 0 Å². The Bertz CT molecular complexity index is 1150. The van der Waals surface area contributed by atoms with Crippen molar-refractivity contribution in [3.63, 3.8) is 0 Å². The topological polar surface area (TPSA) is 74.7 Å². The molecule has 186 valence electrons. The van der Waals surface area contributed by atoms with Crippen molar-refractivity contribution >= 4 is 24.1 Å². The van der Waals surface area contributed by atoms with Crippen LogP contribution in [0.25, 0.3) is 12.2 Å². The molecule has 0 saturated heterocycles. The second-order valence-corrected chi connectivity index (χ2v) is 8.28. The molecule has 0 saturated carbocycles. The summed E-state index contributed by atoms with van der Waals surface area (Å²) in [4.78, 5) is 27.8. The van der Waals surface area contributed by atoms with E-state index in [9.17, 15) is 9.59 Å². The van der Waals surface area contributed by atoms with Gasteiger partial charge in [-0.25, -0.2) is 9.59 Å². The van der Waals surface area contributed by atoms with Gasteiger partial charge in [-0.1, -0.05) is 30.9 Å².